The number of fused-ring (bicyclic) bond motifs is 1. The van der Waals surface area contributed by atoms with Crippen LogP contribution in [0.15, 0.2) is 71.9 Å². The molecule has 0 atom stereocenters. The summed E-state index contributed by atoms with van der Waals surface area (Å²) in [5, 5.41) is -0.0122. The van der Waals surface area contributed by atoms with Gasteiger partial charge >= 0.3 is 6.18 Å². The Morgan fingerprint density at radius 1 is 0.923 bits per heavy atom. The third-order valence-corrected chi connectivity index (χ3v) is 8.04. The van der Waals surface area contributed by atoms with E-state index in [4.69, 9.17) is 4.74 Å². The molecule has 3 aromatic carbocycles. The monoisotopic (exact) mass is 583 g/mol. The van der Waals surface area contributed by atoms with Crippen molar-refractivity contribution in [2.24, 2.45) is 0 Å². The third-order valence-electron chi connectivity index (χ3n) is 5.52. The number of nitrogens with zero attached hydrogens (tertiary/aromatic N) is 2. The molecule has 0 saturated carbocycles. The molecule has 8 nitrogen and oxygen atoms in total. The quantitative estimate of drug-likeness (QED) is 0.219. The first-order chi connectivity index (χ1) is 18.2. The molecule has 206 valence electrons. The SMILES string of the molecule is CS(=O)(=O)NCCCS(=O)(=O)c1cccc(Oc2ccc(F)c(-c3ncnc4c(C(F)(F)F)cccc34)c2)c1. The highest BCUT2D eigenvalue weighted by Crippen LogP contribution is 2.37. The summed E-state index contributed by atoms with van der Waals surface area (Å²) in [6.07, 6.45) is -2.75. The predicted octanol–water partition coefficient (Wildman–Crippen LogP) is 4.96. The lowest BCUT2D eigenvalue weighted by Crippen LogP contribution is -2.24. The molecular formula is C25H21F4N3O5S2. The molecule has 0 unspecified atom stereocenters. The second-order valence-electron chi connectivity index (χ2n) is 8.48. The lowest BCUT2D eigenvalue weighted by Gasteiger charge is -2.13. The van der Waals surface area contributed by atoms with Crippen molar-refractivity contribution in [3.63, 3.8) is 0 Å². The van der Waals surface area contributed by atoms with Crippen LogP contribution in [0.25, 0.3) is 22.2 Å². The molecule has 4 rings (SSSR count). The van der Waals surface area contributed by atoms with Gasteiger partial charge in [0, 0.05) is 17.5 Å². The molecule has 0 radical (unpaired) electrons. The first kappa shape index (κ1) is 28.4. The highest BCUT2D eigenvalue weighted by atomic mass is 32.2. The minimum atomic E-state index is -4.68. The molecule has 0 bridgehead atoms. The summed E-state index contributed by atoms with van der Waals surface area (Å²) in [7, 11) is -7.22. The lowest BCUT2D eigenvalue weighted by molar-refractivity contribution is -0.136. The van der Waals surface area contributed by atoms with E-state index in [-0.39, 0.29) is 57.3 Å². The van der Waals surface area contributed by atoms with Gasteiger partial charge in [-0.15, -0.1) is 0 Å². The van der Waals surface area contributed by atoms with Gasteiger partial charge in [-0.05, 0) is 48.9 Å². The van der Waals surface area contributed by atoms with Crippen LogP contribution in [0.3, 0.4) is 0 Å². The maximum Gasteiger partial charge on any atom is 0.418 e. The summed E-state index contributed by atoms with van der Waals surface area (Å²) in [5.41, 5.74) is -1.58. The lowest BCUT2D eigenvalue weighted by atomic mass is 10.0. The Morgan fingerprint density at radius 3 is 2.36 bits per heavy atom. The smallest absolute Gasteiger partial charge is 0.418 e. The van der Waals surface area contributed by atoms with Crippen molar-refractivity contribution >= 4 is 30.8 Å². The summed E-state index contributed by atoms with van der Waals surface area (Å²) in [5.74, 6) is -0.897. The number of nitrogens with one attached hydrogen (secondary N) is 1. The van der Waals surface area contributed by atoms with Crippen molar-refractivity contribution in [3.05, 3.63) is 78.4 Å². The van der Waals surface area contributed by atoms with Gasteiger partial charge in [-0.2, -0.15) is 13.2 Å². The molecule has 0 spiro atoms. The van der Waals surface area contributed by atoms with E-state index in [1.54, 1.807) is 0 Å². The first-order valence-electron chi connectivity index (χ1n) is 11.3. The standard InChI is InChI=1S/C25H21F4N3O5S2/c1-38(33,34)32-11-4-12-39(35,36)18-6-2-5-16(13-18)37-17-9-10-22(26)20(14-17)23-19-7-3-8-21(25(27,28)29)24(19)31-15-30-23/h2-3,5-10,13-15,32H,4,11-12H2,1H3. The third kappa shape index (κ3) is 6.88. The van der Waals surface area contributed by atoms with Crippen LogP contribution < -0.4 is 9.46 Å². The number of alkyl halides is 3. The normalized spacial score (nSPS) is 12.5. The van der Waals surface area contributed by atoms with Gasteiger partial charge in [-0.3, -0.25) is 0 Å². The van der Waals surface area contributed by atoms with Gasteiger partial charge in [0.1, 0.15) is 23.6 Å². The maximum absolute atomic E-state index is 14.8. The number of aromatic nitrogens is 2. The molecule has 1 aromatic heterocycles. The Hall–Kier alpha value is -3.62. The average Bonchev–Trinajstić information content (AvgIpc) is 2.86. The molecule has 0 aliphatic rings. The second kappa shape index (κ2) is 10.9. The summed E-state index contributed by atoms with van der Waals surface area (Å²) >= 11 is 0. The van der Waals surface area contributed by atoms with Crippen LogP contribution in [0.5, 0.6) is 11.5 Å². The number of halogens is 4. The van der Waals surface area contributed by atoms with Gasteiger partial charge in [-0.25, -0.2) is 35.9 Å². The molecule has 14 heteroatoms. The van der Waals surface area contributed by atoms with E-state index in [1.165, 1.54) is 48.5 Å². The van der Waals surface area contributed by atoms with Crippen LogP contribution in [0, 0.1) is 5.82 Å². The minimum Gasteiger partial charge on any atom is -0.457 e. The van der Waals surface area contributed by atoms with Crippen molar-refractivity contribution in [2.75, 3.05) is 18.6 Å². The van der Waals surface area contributed by atoms with Gasteiger partial charge in [-0.1, -0.05) is 18.2 Å². The number of benzene rings is 3. The zero-order valence-corrected chi connectivity index (χ0v) is 21.9. The highest BCUT2D eigenvalue weighted by molar-refractivity contribution is 7.91. The van der Waals surface area contributed by atoms with Crippen molar-refractivity contribution in [2.45, 2.75) is 17.5 Å². The molecule has 0 amide bonds. The van der Waals surface area contributed by atoms with Crippen LogP contribution in [0.1, 0.15) is 12.0 Å². The number of ether oxygens (including phenoxy) is 1. The van der Waals surface area contributed by atoms with Gasteiger partial charge in [0.05, 0.1) is 33.7 Å². The van der Waals surface area contributed by atoms with Crippen LogP contribution in [-0.2, 0) is 26.0 Å². The fourth-order valence-corrected chi connectivity index (χ4v) is 5.64. The Kier molecular flexibility index (Phi) is 7.91. The van der Waals surface area contributed by atoms with E-state index in [0.29, 0.717) is 0 Å². The largest absolute Gasteiger partial charge is 0.457 e. The van der Waals surface area contributed by atoms with Crippen LogP contribution >= 0.6 is 0 Å². The van der Waals surface area contributed by atoms with Crippen LogP contribution in [-0.4, -0.2) is 45.4 Å². The van der Waals surface area contributed by atoms with E-state index in [0.717, 1.165) is 24.7 Å². The Balaban J connectivity index is 1.62. The van der Waals surface area contributed by atoms with E-state index in [1.807, 2.05) is 0 Å². The van der Waals surface area contributed by atoms with Gasteiger partial charge < -0.3 is 4.74 Å². The van der Waals surface area contributed by atoms with Gasteiger partial charge in [0.2, 0.25) is 10.0 Å². The number of hydrogen-bond acceptors (Lipinski definition) is 7. The van der Waals surface area contributed by atoms with Crippen molar-refractivity contribution in [1.82, 2.24) is 14.7 Å². The summed E-state index contributed by atoms with van der Waals surface area (Å²) < 4.78 is 111. The first-order valence-corrected chi connectivity index (χ1v) is 14.9. The number of hydrogen-bond donors (Lipinski definition) is 1. The number of rotatable bonds is 9. The number of para-hydroxylation sites is 1. The zero-order chi connectivity index (χ0) is 28.4. The Bertz CT molecular complexity index is 1740. The average molecular weight is 584 g/mol. The van der Waals surface area contributed by atoms with Crippen molar-refractivity contribution < 1.29 is 39.1 Å². The highest BCUT2D eigenvalue weighted by Gasteiger charge is 2.33. The molecule has 0 aliphatic heterocycles. The topological polar surface area (TPSA) is 115 Å². The predicted molar refractivity (Wildman–Crippen MR) is 136 cm³/mol. The number of sulfone groups is 1. The molecule has 1 heterocycles. The molecule has 0 saturated heterocycles. The molecular weight excluding hydrogens is 562 g/mol. The fraction of sp³-hybridized carbons (Fsp3) is 0.200. The summed E-state index contributed by atoms with van der Waals surface area (Å²) in [6.45, 7) is -0.0468. The molecule has 1 N–H and O–H groups in total. The van der Waals surface area contributed by atoms with Gasteiger partial charge in [0.25, 0.3) is 0 Å². The van der Waals surface area contributed by atoms with E-state index in [2.05, 4.69) is 14.7 Å². The zero-order valence-electron chi connectivity index (χ0n) is 20.2. The molecule has 4 aromatic rings. The van der Waals surface area contributed by atoms with Crippen molar-refractivity contribution in [1.29, 1.82) is 0 Å². The van der Waals surface area contributed by atoms with Crippen molar-refractivity contribution in [3.8, 4) is 22.8 Å². The van der Waals surface area contributed by atoms with Crippen LogP contribution in [0.2, 0.25) is 0 Å². The Labute approximate surface area is 221 Å². The molecule has 0 fully saturated rings. The fourth-order valence-electron chi connectivity index (χ4n) is 3.79. The second-order valence-corrected chi connectivity index (χ2v) is 12.4. The minimum absolute atomic E-state index is 0.0122. The molecule has 0 aliphatic carbocycles. The Morgan fingerprint density at radius 2 is 1.64 bits per heavy atom. The summed E-state index contributed by atoms with van der Waals surface area (Å²) in [6, 6.07) is 12.5. The van der Waals surface area contributed by atoms with E-state index in [9.17, 15) is 34.4 Å². The summed E-state index contributed by atoms with van der Waals surface area (Å²) in [4.78, 5) is 7.69. The maximum atomic E-state index is 14.8. The molecule has 39 heavy (non-hydrogen) atoms. The van der Waals surface area contributed by atoms with E-state index < -0.39 is 37.4 Å². The van der Waals surface area contributed by atoms with Gasteiger partial charge in [0.15, 0.2) is 9.84 Å². The van der Waals surface area contributed by atoms with E-state index >= 15 is 0 Å². The van der Waals surface area contributed by atoms with Crippen LogP contribution in [0.4, 0.5) is 17.6 Å². The number of sulfonamides is 1.